The first-order valence-corrected chi connectivity index (χ1v) is 7.09. The van der Waals surface area contributed by atoms with Gasteiger partial charge in [-0.15, -0.1) is 0 Å². The molecule has 23 heavy (non-hydrogen) atoms. The number of aromatic nitrogens is 2. The molecule has 0 bridgehead atoms. The summed E-state index contributed by atoms with van der Waals surface area (Å²) in [5.74, 6) is 0.00191. The Kier molecular flexibility index (Phi) is 5.67. The van der Waals surface area contributed by atoms with Crippen LogP contribution in [0.25, 0.3) is 0 Å². The second-order valence-electron chi connectivity index (χ2n) is 4.58. The van der Waals surface area contributed by atoms with Crippen molar-refractivity contribution in [3.8, 4) is 0 Å². The Morgan fingerprint density at radius 2 is 2.09 bits per heavy atom. The number of nitrogens with zero attached hydrogens (tertiary/aromatic N) is 2. The molecule has 2 amide bonds. The maximum Gasteiger partial charge on any atom is 0.326 e. The van der Waals surface area contributed by atoms with E-state index < -0.39 is 11.8 Å². The van der Waals surface area contributed by atoms with Gasteiger partial charge in [-0.05, 0) is 25.1 Å². The van der Waals surface area contributed by atoms with Gasteiger partial charge in [0.1, 0.15) is 11.6 Å². The van der Waals surface area contributed by atoms with Gasteiger partial charge in [-0.25, -0.2) is 14.2 Å². The number of halogens is 2. The van der Waals surface area contributed by atoms with E-state index in [1.165, 1.54) is 12.1 Å². The molecule has 9 heteroatoms. The van der Waals surface area contributed by atoms with Crippen molar-refractivity contribution in [3.63, 3.8) is 0 Å². The van der Waals surface area contributed by atoms with Gasteiger partial charge in [0.2, 0.25) is 5.95 Å². The molecule has 0 aliphatic rings. The highest BCUT2D eigenvalue weighted by atomic mass is 35.5. The van der Waals surface area contributed by atoms with Crippen molar-refractivity contribution in [1.29, 1.82) is 0 Å². The fourth-order valence-corrected chi connectivity index (χ4v) is 1.92. The number of benzene rings is 1. The molecule has 2 aromatic rings. The summed E-state index contributed by atoms with van der Waals surface area (Å²) in [6.07, 6.45) is 0. The highest BCUT2D eigenvalue weighted by molar-refractivity contribution is 6.31. The molecule has 2 rings (SSSR count). The maximum atomic E-state index is 13.1. The molecule has 1 aromatic carbocycles. The van der Waals surface area contributed by atoms with E-state index in [1.807, 2.05) is 0 Å². The Hall–Kier alpha value is -2.45. The van der Waals surface area contributed by atoms with E-state index >= 15 is 0 Å². The minimum Gasteiger partial charge on any atom is -0.395 e. The molecule has 1 aromatic heterocycles. The van der Waals surface area contributed by atoms with Gasteiger partial charge >= 0.3 is 6.03 Å². The molecule has 0 unspecified atom stereocenters. The number of aryl methyl sites for hydroxylation is 1. The second kappa shape index (κ2) is 7.70. The quantitative estimate of drug-likeness (QED) is 0.671. The van der Waals surface area contributed by atoms with E-state index in [4.69, 9.17) is 16.7 Å². The Bertz CT molecular complexity index is 714. The fraction of sp³-hybridized carbons (Fsp3) is 0.214. The van der Waals surface area contributed by atoms with Gasteiger partial charge in [0.05, 0.1) is 11.6 Å². The summed E-state index contributed by atoms with van der Waals surface area (Å²) >= 11 is 5.65. The van der Waals surface area contributed by atoms with E-state index in [1.54, 1.807) is 13.0 Å². The van der Waals surface area contributed by atoms with Gasteiger partial charge in [0, 0.05) is 24.0 Å². The summed E-state index contributed by atoms with van der Waals surface area (Å²) in [4.78, 5) is 20.1. The number of carbonyl (C=O) groups excluding carboxylic acids is 1. The van der Waals surface area contributed by atoms with Crippen LogP contribution in [-0.4, -0.2) is 34.3 Å². The molecule has 0 fully saturated rings. The summed E-state index contributed by atoms with van der Waals surface area (Å²) in [7, 11) is 0. The third-order valence-corrected chi connectivity index (χ3v) is 2.96. The third kappa shape index (κ3) is 5.04. The molecule has 0 spiro atoms. The highest BCUT2D eigenvalue weighted by Crippen LogP contribution is 2.19. The lowest BCUT2D eigenvalue weighted by Crippen LogP contribution is -2.21. The monoisotopic (exact) mass is 339 g/mol. The first-order chi connectivity index (χ1) is 11.0. The predicted octanol–water partition coefficient (Wildman–Crippen LogP) is 2.63. The highest BCUT2D eigenvalue weighted by Gasteiger charge is 2.08. The van der Waals surface area contributed by atoms with Gasteiger partial charge in [0.15, 0.2) is 0 Å². The Morgan fingerprint density at radius 3 is 2.78 bits per heavy atom. The third-order valence-electron chi connectivity index (χ3n) is 2.67. The van der Waals surface area contributed by atoms with Crippen LogP contribution in [0.4, 0.5) is 26.6 Å². The molecular weight excluding hydrogens is 325 g/mol. The van der Waals surface area contributed by atoms with Crippen LogP contribution < -0.4 is 16.0 Å². The number of urea groups is 1. The van der Waals surface area contributed by atoms with Crippen LogP contribution in [0.15, 0.2) is 24.3 Å². The van der Waals surface area contributed by atoms with Crippen LogP contribution in [0.3, 0.4) is 0 Å². The molecular formula is C14H15ClFN5O2. The lowest BCUT2D eigenvalue weighted by molar-refractivity contribution is 0.262. The Balaban J connectivity index is 2.04. The van der Waals surface area contributed by atoms with Gasteiger partial charge in [-0.1, -0.05) is 11.6 Å². The molecule has 122 valence electrons. The summed E-state index contributed by atoms with van der Waals surface area (Å²) in [5, 5.41) is 16.6. The number of rotatable bonds is 5. The van der Waals surface area contributed by atoms with Crippen molar-refractivity contribution in [2.45, 2.75) is 6.92 Å². The normalized spacial score (nSPS) is 10.3. The first-order valence-electron chi connectivity index (χ1n) is 6.71. The van der Waals surface area contributed by atoms with Crippen LogP contribution >= 0.6 is 11.6 Å². The molecule has 0 saturated carbocycles. The lowest BCUT2D eigenvalue weighted by Gasteiger charge is -2.10. The minimum atomic E-state index is -0.591. The molecule has 0 atom stereocenters. The van der Waals surface area contributed by atoms with Crippen molar-refractivity contribution < 1.29 is 14.3 Å². The van der Waals surface area contributed by atoms with E-state index in [0.29, 0.717) is 23.7 Å². The molecule has 0 aliphatic heterocycles. The van der Waals surface area contributed by atoms with Gasteiger partial charge in [-0.3, -0.25) is 5.32 Å². The summed E-state index contributed by atoms with van der Waals surface area (Å²) in [6.45, 7) is 2.03. The average molecular weight is 340 g/mol. The minimum absolute atomic E-state index is 0.0440. The number of nitrogens with one attached hydrogen (secondary N) is 3. The number of aliphatic hydroxyl groups is 1. The summed E-state index contributed by atoms with van der Waals surface area (Å²) < 4.78 is 13.1. The van der Waals surface area contributed by atoms with Crippen molar-refractivity contribution in [2.24, 2.45) is 0 Å². The van der Waals surface area contributed by atoms with Gasteiger partial charge in [-0.2, -0.15) is 4.98 Å². The number of amides is 2. The molecule has 4 N–H and O–H groups in total. The second-order valence-corrected chi connectivity index (χ2v) is 4.98. The number of hydrogen-bond donors (Lipinski definition) is 4. The van der Waals surface area contributed by atoms with Gasteiger partial charge in [0.25, 0.3) is 0 Å². The van der Waals surface area contributed by atoms with E-state index in [-0.39, 0.29) is 17.6 Å². The van der Waals surface area contributed by atoms with E-state index in [9.17, 15) is 9.18 Å². The molecule has 0 radical (unpaired) electrons. The maximum absolute atomic E-state index is 13.1. The molecule has 0 aliphatic carbocycles. The summed E-state index contributed by atoms with van der Waals surface area (Å²) in [6, 6.07) is 4.91. The largest absolute Gasteiger partial charge is 0.395 e. The first kappa shape index (κ1) is 16.9. The zero-order chi connectivity index (χ0) is 16.8. The van der Waals surface area contributed by atoms with Gasteiger partial charge < -0.3 is 15.7 Å². The lowest BCUT2D eigenvalue weighted by atomic mass is 10.3. The number of anilines is 3. The van der Waals surface area contributed by atoms with E-state index in [2.05, 4.69) is 25.9 Å². The van der Waals surface area contributed by atoms with Crippen LogP contribution in [-0.2, 0) is 0 Å². The average Bonchev–Trinajstić information content (AvgIpc) is 2.48. The van der Waals surface area contributed by atoms with Crippen molar-refractivity contribution >= 4 is 35.1 Å². The predicted molar refractivity (Wildman–Crippen MR) is 86.4 cm³/mol. The summed E-state index contributed by atoms with van der Waals surface area (Å²) in [5.41, 5.74) is 0.973. The van der Waals surface area contributed by atoms with Crippen LogP contribution in [0.1, 0.15) is 5.69 Å². The molecule has 0 saturated heterocycles. The zero-order valence-electron chi connectivity index (χ0n) is 12.2. The number of aliphatic hydroxyl groups excluding tert-OH is 1. The zero-order valence-corrected chi connectivity index (χ0v) is 13.0. The SMILES string of the molecule is Cc1cc(NCCO)nc(NC(=O)Nc2ccc(F)c(Cl)c2)n1. The van der Waals surface area contributed by atoms with Crippen molar-refractivity contribution in [1.82, 2.24) is 9.97 Å². The topological polar surface area (TPSA) is 99.2 Å². The van der Waals surface area contributed by atoms with Crippen molar-refractivity contribution in [2.75, 3.05) is 29.1 Å². The Labute approximate surface area is 136 Å². The molecule has 7 nitrogen and oxygen atoms in total. The van der Waals surface area contributed by atoms with Crippen LogP contribution in [0, 0.1) is 12.7 Å². The van der Waals surface area contributed by atoms with Crippen LogP contribution in [0.5, 0.6) is 0 Å². The van der Waals surface area contributed by atoms with E-state index in [0.717, 1.165) is 6.07 Å². The van der Waals surface area contributed by atoms with Crippen LogP contribution in [0.2, 0.25) is 5.02 Å². The molecule has 1 heterocycles. The Morgan fingerprint density at radius 1 is 1.30 bits per heavy atom. The smallest absolute Gasteiger partial charge is 0.326 e. The number of hydrogen-bond acceptors (Lipinski definition) is 5. The number of carbonyl (C=O) groups is 1. The fourth-order valence-electron chi connectivity index (χ4n) is 1.74. The van der Waals surface area contributed by atoms with Crippen molar-refractivity contribution in [3.05, 3.63) is 40.8 Å². The standard InChI is InChI=1S/C14H15ClFN5O2/c1-8-6-12(17-4-5-22)20-13(18-8)21-14(23)19-9-2-3-11(16)10(15)7-9/h2-3,6-7,22H,4-5H2,1H3,(H3,17,18,19,20,21,23).